The van der Waals surface area contributed by atoms with E-state index in [0.29, 0.717) is 18.4 Å². The van der Waals surface area contributed by atoms with E-state index in [4.69, 9.17) is 14.2 Å². The molecule has 0 heterocycles. The summed E-state index contributed by atoms with van der Waals surface area (Å²) in [7, 11) is 1.20. The van der Waals surface area contributed by atoms with Crippen molar-refractivity contribution in [2.24, 2.45) is 0 Å². The van der Waals surface area contributed by atoms with E-state index >= 15 is 0 Å². The zero-order chi connectivity index (χ0) is 44.1. The number of hydrogen-bond donors (Lipinski definition) is 5. The first-order valence-corrected chi connectivity index (χ1v) is 20.0. The number of rotatable bonds is 18. The number of carbonyl (C=O) groups is 6. The van der Waals surface area contributed by atoms with Crippen molar-refractivity contribution in [1.82, 2.24) is 26.6 Å². The minimum atomic E-state index is -1.27. The fraction of sp³-hybridized carbons (Fsp3) is 0.435. The zero-order valence-corrected chi connectivity index (χ0v) is 35.6. The number of amides is 5. The van der Waals surface area contributed by atoms with E-state index in [-0.39, 0.29) is 32.2 Å². The first-order valence-electron chi connectivity index (χ1n) is 20.0. The van der Waals surface area contributed by atoms with Gasteiger partial charge in [0.1, 0.15) is 35.4 Å². The normalized spacial score (nSPS) is 13.1. The second-order valence-corrected chi connectivity index (χ2v) is 16.1. The third-order valence-corrected chi connectivity index (χ3v) is 8.54. The van der Waals surface area contributed by atoms with Crippen LogP contribution in [0.1, 0.15) is 83.9 Å². The van der Waals surface area contributed by atoms with Gasteiger partial charge in [-0.15, -0.1) is 0 Å². The number of nitrogens with one attached hydrogen (secondary N) is 5. The maximum Gasteiger partial charge on any atom is 0.408 e. The van der Waals surface area contributed by atoms with Gasteiger partial charge in [-0.05, 0) is 84.1 Å². The molecule has 14 nitrogen and oxygen atoms in total. The molecule has 3 aromatic rings. The largest absolute Gasteiger partial charge is 0.467 e. The summed E-state index contributed by atoms with van der Waals surface area (Å²) in [5.74, 6) is 3.21. The summed E-state index contributed by atoms with van der Waals surface area (Å²) >= 11 is 0. The van der Waals surface area contributed by atoms with Crippen LogP contribution in [-0.4, -0.2) is 84.9 Å². The highest BCUT2D eigenvalue weighted by Crippen LogP contribution is 2.12. The lowest BCUT2D eigenvalue weighted by atomic mass is 10.0. The molecule has 0 fully saturated rings. The van der Waals surface area contributed by atoms with Gasteiger partial charge in [-0.25, -0.2) is 14.4 Å². The molecule has 0 aliphatic heterocycles. The third-order valence-electron chi connectivity index (χ3n) is 8.54. The summed E-state index contributed by atoms with van der Waals surface area (Å²) in [5.41, 5.74) is 0.670. The van der Waals surface area contributed by atoms with Crippen molar-refractivity contribution in [3.05, 3.63) is 108 Å². The maximum atomic E-state index is 14.3. The Balaban J connectivity index is 1.87. The van der Waals surface area contributed by atoms with Crippen molar-refractivity contribution in [2.75, 3.05) is 13.7 Å². The van der Waals surface area contributed by atoms with E-state index in [1.807, 2.05) is 54.6 Å². The Kier molecular flexibility index (Phi) is 19.1. The van der Waals surface area contributed by atoms with E-state index < -0.39 is 71.2 Å². The van der Waals surface area contributed by atoms with Crippen LogP contribution < -0.4 is 26.6 Å². The predicted octanol–water partition coefficient (Wildman–Crippen LogP) is 5.13. The van der Waals surface area contributed by atoms with Gasteiger partial charge in [0.25, 0.3) is 0 Å². The summed E-state index contributed by atoms with van der Waals surface area (Å²) in [6.07, 6.45) is -0.326. The van der Waals surface area contributed by atoms with E-state index in [9.17, 15) is 28.8 Å². The van der Waals surface area contributed by atoms with Crippen LogP contribution in [0.15, 0.2) is 91.0 Å². The summed E-state index contributed by atoms with van der Waals surface area (Å²) in [5, 5.41) is 13.6. The van der Waals surface area contributed by atoms with Crippen LogP contribution in [0.3, 0.4) is 0 Å². The molecule has 5 amide bonds. The first-order chi connectivity index (χ1) is 28.4. The average molecular weight is 826 g/mol. The van der Waals surface area contributed by atoms with Crippen LogP contribution in [-0.2, 0) is 46.2 Å². The van der Waals surface area contributed by atoms with Crippen LogP contribution in [0.2, 0.25) is 0 Å². The zero-order valence-electron chi connectivity index (χ0n) is 35.6. The second-order valence-electron chi connectivity index (χ2n) is 16.1. The minimum absolute atomic E-state index is 0.0368. The van der Waals surface area contributed by atoms with Crippen LogP contribution in [0, 0.1) is 11.8 Å². The number of methoxy groups -OCH3 is 1. The second kappa shape index (κ2) is 23.9. The van der Waals surface area contributed by atoms with Gasteiger partial charge in [0.05, 0.1) is 7.11 Å². The van der Waals surface area contributed by atoms with Gasteiger partial charge < -0.3 is 40.8 Å². The van der Waals surface area contributed by atoms with Crippen LogP contribution in [0.4, 0.5) is 9.59 Å². The number of benzene rings is 3. The lowest BCUT2D eigenvalue weighted by Crippen LogP contribution is -2.58. The van der Waals surface area contributed by atoms with E-state index in [2.05, 4.69) is 38.4 Å². The molecule has 0 spiro atoms. The monoisotopic (exact) mass is 825 g/mol. The fourth-order valence-corrected chi connectivity index (χ4v) is 5.74. The summed E-state index contributed by atoms with van der Waals surface area (Å²) < 4.78 is 15.7. The topological polar surface area (TPSA) is 190 Å². The molecular weight excluding hydrogens is 767 g/mol. The Morgan fingerprint density at radius 2 is 1.02 bits per heavy atom. The Hall–Kier alpha value is -6.36. The van der Waals surface area contributed by atoms with Crippen LogP contribution in [0.5, 0.6) is 0 Å². The van der Waals surface area contributed by atoms with Crippen molar-refractivity contribution in [3.8, 4) is 11.8 Å². The summed E-state index contributed by atoms with van der Waals surface area (Å²) in [4.78, 5) is 80.2. The molecule has 322 valence electrons. The van der Waals surface area contributed by atoms with Gasteiger partial charge in [0.15, 0.2) is 0 Å². The highest BCUT2D eigenvalue weighted by Gasteiger charge is 2.32. The lowest BCUT2D eigenvalue weighted by molar-refractivity contribution is -0.145. The predicted molar refractivity (Wildman–Crippen MR) is 227 cm³/mol. The number of hydrogen-bond acceptors (Lipinski definition) is 9. The van der Waals surface area contributed by atoms with Crippen LogP contribution >= 0.6 is 0 Å². The highest BCUT2D eigenvalue weighted by molar-refractivity contribution is 5.95. The lowest BCUT2D eigenvalue weighted by Gasteiger charge is -2.27. The standard InChI is InChI=1S/C46H59N5O9/c1-45(2,3)59-43(56)47-29-18-17-27-36(42(55)58-7)49-39(52)35(28-19-26-32-20-11-8-12-21-32)48-40(53)37(30-33-22-13-9-14-23-33)50-41(54)38(31-34-24-15-10-16-25-34)51-44(57)60-46(4,5)6/h8-16,20-25,35-38H,17-18,27-31H2,1-7H3,(H,47,56)(H,48,53)(H,49,52)(H,50,54)(H,51,57)/t35-,36-,37-,38-/m1/s1. The molecule has 60 heavy (non-hydrogen) atoms. The van der Waals surface area contributed by atoms with Crippen molar-refractivity contribution in [2.45, 2.75) is 115 Å². The molecule has 14 heteroatoms. The van der Waals surface area contributed by atoms with E-state index in [0.717, 1.165) is 11.1 Å². The molecule has 0 saturated carbocycles. The van der Waals surface area contributed by atoms with Gasteiger partial charge in [-0.1, -0.05) is 90.7 Å². The molecule has 0 aliphatic rings. The average Bonchev–Trinajstić information content (AvgIpc) is 3.18. The third kappa shape index (κ3) is 18.9. The molecular formula is C46H59N5O9. The Bertz CT molecular complexity index is 1920. The maximum absolute atomic E-state index is 14.3. The number of alkyl carbamates (subject to hydrolysis) is 2. The molecule has 3 rings (SSSR count). The quantitative estimate of drug-likeness (QED) is 0.0501. The van der Waals surface area contributed by atoms with Gasteiger partial charge in [0, 0.05) is 31.4 Å². The van der Waals surface area contributed by atoms with E-state index in [1.165, 1.54) is 7.11 Å². The molecule has 0 aliphatic carbocycles. The number of carbonyl (C=O) groups excluding carboxylic acids is 6. The molecule has 5 N–H and O–H groups in total. The Morgan fingerprint density at radius 3 is 1.53 bits per heavy atom. The van der Waals surface area contributed by atoms with Crippen molar-refractivity contribution >= 4 is 35.9 Å². The van der Waals surface area contributed by atoms with Gasteiger partial charge in [-0.3, -0.25) is 14.4 Å². The number of ether oxygens (including phenoxy) is 3. The van der Waals surface area contributed by atoms with Crippen molar-refractivity contribution in [3.63, 3.8) is 0 Å². The Morgan fingerprint density at radius 1 is 0.567 bits per heavy atom. The first kappa shape index (κ1) is 48.0. The summed E-state index contributed by atoms with van der Waals surface area (Å²) in [6.45, 7) is 10.7. The molecule has 0 saturated heterocycles. The summed E-state index contributed by atoms with van der Waals surface area (Å²) in [6, 6.07) is 22.5. The van der Waals surface area contributed by atoms with Crippen LogP contribution in [0.25, 0.3) is 0 Å². The van der Waals surface area contributed by atoms with E-state index in [1.54, 1.807) is 77.9 Å². The van der Waals surface area contributed by atoms with Gasteiger partial charge in [0.2, 0.25) is 17.7 Å². The molecule has 3 aromatic carbocycles. The molecule has 0 unspecified atom stereocenters. The fourth-order valence-electron chi connectivity index (χ4n) is 5.74. The Labute approximate surface area is 353 Å². The molecule has 4 atom stereocenters. The van der Waals surface area contributed by atoms with Crippen molar-refractivity contribution in [1.29, 1.82) is 0 Å². The van der Waals surface area contributed by atoms with Gasteiger partial charge in [-0.2, -0.15) is 0 Å². The smallest absolute Gasteiger partial charge is 0.408 e. The molecule has 0 aromatic heterocycles. The molecule has 0 bridgehead atoms. The number of esters is 1. The highest BCUT2D eigenvalue weighted by atomic mass is 16.6. The SMILES string of the molecule is COC(=O)[C@@H](CCCCNC(=O)OC(C)(C)C)NC(=O)[C@@H](CC#Cc1ccccc1)NC(=O)[C@@H](Cc1ccccc1)NC(=O)[C@@H](Cc1ccccc1)NC(=O)OC(C)(C)C. The van der Waals surface area contributed by atoms with Crippen molar-refractivity contribution < 1.29 is 43.0 Å². The minimum Gasteiger partial charge on any atom is -0.467 e. The number of unbranched alkanes of at least 4 members (excludes halogenated alkanes) is 1. The molecule has 0 radical (unpaired) electrons. The van der Waals surface area contributed by atoms with Gasteiger partial charge >= 0.3 is 18.2 Å².